The molecule has 0 saturated heterocycles. The van der Waals surface area contributed by atoms with Gasteiger partial charge in [-0.1, -0.05) is 19.9 Å². The number of carbonyl (C=O) groups excluding carboxylic acids is 1. The maximum Gasteiger partial charge on any atom is 0.237 e. The Kier molecular flexibility index (Phi) is 5.39. The third-order valence-electron chi connectivity index (χ3n) is 1.93. The molecular formula is C10H20N2O. The van der Waals surface area contributed by atoms with E-state index in [0.717, 1.165) is 6.42 Å². The van der Waals surface area contributed by atoms with Gasteiger partial charge in [0, 0.05) is 6.04 Å². The lowest BCUT2D eigenvalue weighted by Crippen LogP contribution is -2.46. The first-order valence-corrected chi connectivity index (χ1v) is 4.65. The Morgan fingerprint density at radius 2 is 2.08 bits per heavy atom. The summed E-state index contributed by atoms with van der Waals surface area (Å²) < 4.78 is 0. The predicted octanol–water partition coefficient (Wildman–Crippen LogP) is 1.05. The molecule has 0 aromatic rings. The van der Waals surface area contributed by atoms with Gasteiger partial charge in [0.25, 0.3) is 0 Å². The summed E-state index contributed by atoms with van der Waals surface area (Å²) in [5.74, 6) is 0.0975. The van der Waals surface area contributed by atoms with E-state index in [1.165, 1.54) is 0 Å². The first-order valence-electron chi connectivity index (χ1n) is 4.65. The fraction of sp³-hybridized carbons (Fsp3) is 0.700. The Hall–Kier alpha value is -0.830. The van der Waals surface area contributed by atoms with Gasteiger partial charge in [-0.25, -0.2) is 0 Å². The molecular weight excluding hydrogens is 164 g/mol. The molecule has 0 bridgehead atoms. The molecule has 0 radical (unpaired) electrons. The number of hydrogen-bond acceptors (Lipinski definition) is 2. The quantitative estimate of drug-likeness (QED) is 0.627. The summed E-state index contributed by atoms with van der Waals surface area (Å²) in [4.78, 5) is 11.4. The zero-order chi connectivity index (χ0) is 10.4. The lowest BCUT2D eigenvalue weighted by molar-refractivity contribution is -0.123. The van der Waals surface area contributed by atoms with Crippen LogP contribution in [-0.4, -0.2) is 18.0 Å². The van der Waals surface area contributed by atoms with Crippen LogP contribution in [0.25, 0.3) is 0 Å². The second-order valence-electron chi connectivity index (χ2n) is 3.70. The third kappa shape index (κ3) is 4.68. The largest absolute Gasteiger partial charge is 0.352 e. The van der Waals surface area contributed by atoms with Gasteiger partial charge in [-0.15, -0.1) is 6.58 Å². The van der Waals surface area contributed by atoms with Crippen molar-refractivity contribution in [1.29, 1.82) is 0 Å². The Bertz CT molecular complexity index is 178. The van der Waals surface area contributed by atoms with E-state index < -0.39 is 6.04 Å². The molecule has 0 aliphatic rings. The molecule has 0 aliphatic heterocycles. The van der Waals surface area contributed by atoms with Crippen LogP contribution < -0.4 is 11.1 Å². The number of amides is 1. The average molecular weight is 184 g/mol. The van der Waals surface area contributed by atoms with Gasteiger partial charge in [0.15, 0.2) is 0 Å². The van der Waals surface area contributed by atoms with E-state index in [4.69, 9.17) is 5.73 Å². The number of rotatable bonds is 5. The van der Waals surface area contributed by atoms with E-state index in [-0.39, 0.29) is 17.9 Å². The summed E-state index contributed by atoms with van der Waals surface area (Å²) in [6.45, 7) is 9.41. The summed E-state index contributed by atoms with van der Waals surface area (Å²) in [5.41, 5.74) is 5.67. The Balaban J connectivity index is 3.92. The highest BCUT2D eigenvalue weighted by molar-refractivity contribution is 5.81. The maximum absolute atomic E-state index is 11.4. The first kappa shape index (κ1) is 12.2. The third-order valence-corrected chi connectivity index (χ3v) is 1.93. The minimum atomic E-state index is -0.410. The molecule has 3 nitrogen and oxygen atoms in total. The molecule has 0 aromatic carbocycles. The molecule has 13 heavy (non-hydrogen) atoms. The fourth-order valence-electron chi connectivity index (χ4n) is 0.951. The summed E-state index contributed by atoms with van der Waals surface area (Å²) in [5, 5.41) is 2.83. The van der Waals surface area contributed by atoms with Crippen molar-refractivity contribution in [2.45, 2.75) is 39.3 Å². The van der Waals surface area contributed by atoms with Crippen LogP contribution in [0.1, 0.15) is 27.2 Å². The molecule has 1 amide bonds. The van der Waals surface area contributed by atoms with Crippen molar-refractivity contribution in [3.63, 3.8) is 0 Å². The smallest absolute Gasteiger partial charge is 0.237 e. The van der Waals surface area contributed by atoms with Crippen LogP contribution in [0.15, 0.2) is 12.7 Å². The average Bonchev–Trinajstić information content (AvgIpc) is 2.03. The molecule has 0 aliphatic carbocycles. The van der Waals surface area contributed by atoms with Crippen LogP contribution in [-0.2, 0) is 4.79 Å². The molecule has 0 aromatic heterocycles. The summed E-state index contributed by atoms with van der Waals surface area (Å²) in [7, 11) is 0. The molecule has 0 rings (SSSR count). The maximum atomic E-state index is 11.4. The molecule has 3 heteroatoms. The van der Waals surface area contributed by atoms with Gasteiger partial charge >= 0.3 is 0 Å². The standard InChI is InChI=1S/C10H20N2O/c1-5-6-8(4)12-10(13)9(11)7(2)3/h5,7-9H,1,6,11H2,2-4H3,(H,12,13). The number of carbonyl (C=O) groups is 1. The van der Waals surface area contributed by atoms with Crippen LogP contribution in [0.3, 0.4) is 0 Å². The van der Waals surface area contributed by atoms with E-state index in [0.29, 0.717) is 0 Å². The van der Waals surface area contributed by atoms with Crippen molar-refractivity contribution in [2.24, 2.45) is 11.7 Å². The van der Waals surface area contributed by atoms with E-state index >= 15 is 0 Å². The molecule has 2 unspecified atom stereocenters. The Labute approximate surface area is 80.4 Å². The monoisotopic (exact) mass is 184 g/mol. The minimum absolute atomic E-state index is 0.0793. The van der Waals surface area contributed by atoms with Crippen molar-refractivity contribution in [2.75, 3.05) is 0 Å². The van der Waals surface area contributed by atoms with E-state index in [2.05, 4.69) is 11.9 Å². The van der Waals surface area contributed by atoms with Gasteiger partial charge in [0.1, 0.15) is 0 Å². The molecule has 0 fully saturated rings. The SMILES string of the molecule is C=CCC(C)NC(=O)C(N)C(C)C. The lowest BCUT2D eigenvalue weighted by atomic mass is 10.0. The Morgan fingerprint density at radius 1 is 1.54 bits per heavy atom. The highest BCUT2D eigenvalue weighted by atomic mass is 16.2. The highest BCUT2D eigenvalue weighted by Gasteiger charge is 2.17. The molecule has 76 valence electrons. The van der Waals surface area contributed by atoms with Crippen LogP contribution in [0.2, 0.25) is 0 Å². The topological polar surface area (TPSA) is 55.1 Å². The number of nitrogens with one attached hydrogen (secondary N) is 1. The summed E-state index contributed by atoms with van der Waals surface area (Å²) in [6, 6.07) is -0.290. The fourth-order valence-corrected chi connectivity index (χ4v) is 0.951. The molecule has 0 saturated carbocycles. The van der Waals surface area contributed by atoms with Gasteiger partial charge in [-0.3, -0.25) is 4.79 Å². The highest BCUT2D eigenvalue weighted by Crippen LogP contribution is 1.99. The zero-order valence-electron chi connectivity index (χ0n) is 8.71. The van der Waals surface area contributed by atoms with Crippen LogP contribution in [0.4, 0.5) is 0 Å². The van der Waals surface area contributed by atoms with Gasteiger partial charge < -0.3 is 11.1 Å². The van der Waals surface area contributed by atoms with E-state index in [1.807, 2.05) is 20.8 Å². The predicted molar refractivity (Wildman–Crippen MR) is 55.2 cm³/mol. The summed E-state index contributed by atoms with van der Waals surface area (Å²) in [6.07, 6.45) is 2.56. The lowest BCUT2D eigenvalue weighted by Gasteiger charge is -2.18. The van der Waals surface area contributed by atoms with Crippen LogP contribution >= 0.6 is 0 Å². The molecule has 0 heterocycles. The molecule has 0 spiro atoms. The minimum Gasteiger partial charge on any atom is -0.352 e. The van der Waals surface area contributed by atoms with Crippen molar-refractivity contribution < 1.29 is 4.79 Å². The van der Waals surface area contributed by atoms with Gasteiger partial charge in [0.05, 0.1) is 6.04 Å². The molecule has 3 N–H and O–H groups in total. The van der Waals surface area contributed by atoms with Gasteiger partial charge in [0.2, 0.25) is 5.91 Å². The second kappa shape index (κ2) is 5.75. The summed E-state index contributed by atoms with van der Waals surface area (Å²) >= 11 is 0. The second-order valence-corrected chi connectivity index (χ2v) is 3.70. The van der Waals surface area contributed by atoms with Crippen LogP contribution in [0.5, 0.6) is 0 Å². The van der Waals surface area contributed by atoms with Gasteiger partial charge in [-0.05, 0) is 19.3 Å². The van der Waals surface area contributed by atoms with Crippen molar-refractivity contribution >= 4 is 5.91 Å². The number of nitrogens with two attached hydrogens (primary N) is 1. The zero-order valence-corrected chi connectivity index (χ0v) is 8.71. The Morgan fingerprint density at radius 3 is 2.46 bits per heavy atom. The normalized spacial score (nSPS) is 15.2. The first-order chi connectivity index (χ1) is 5.99. The van der Waals surface area contributed by atoms with Crippen molar-refractivity contribution in [3.8, 4) is 0 Å². The molecule has 2 atom stereocenters. The van der Waals surface area contributed by atoms with Crippen molar-refractivity contribution in [3.05, 3.63) is 12.7 Å². The van der Waals surface area contributed by atoms with Crippen LogP contribution in [0, 0.1) is 5.92 Å². The van der Waals surface area contributed by atoms with E-state index in [9.17, 15) is 4.79 Å². The van der Waals surface area contributed by atoms with E-state index in [1.54, 1.807) is 6.08 Å². The van der Waals surface area contributed by atoms with Gasteiger partial charge in [-0.2, -0.15) is 0 Å². The number of hydrogen-bond donors (Lipinski definition) is 2. The van der Waals surface area contributed by atoms with Crippen molar-refractivity contribution in [1.82, 2.24) is 5.32 Å².